The number of anilines is 2. The van der Waals surface area contributed by atoms with Gasteiger partial charge in [-0.25, -0.2) is 18.7 Å². The van der Waals surface area contributed by atoms with Crippen LogP contribution in [0.2, 0.25) is 0 Å². The molecule has 1 N–H and O–H groups in total. The van der Waals surface area contributed by atoms with E-state index in [0.717, 1.165) is 31.8 Å². The van der Waals surface area contributed by atoms with E-state index in [1.165, 1.54) is 12.3 Å². The molecule has 132 valence electrons. The molecule has 2 aromatic rings. The van der Waals surface area contributed by atoms with Crippen molar-refractivity contribution in [2.45, 2.75) is 6.92 Å². The van der Waals surface area contributed by atoms with Crippen LogP contribution in [0.15, 0.2) is 30.5 Å². The summed E-state index contributed by atoms with van der Waals surface area (Å²) in [6, 6.07) is 4.95. The molecule has 0 spiro atoms. The van der Waals surface area contributed by atoms with Crippen LogP contribution in [0.3, 0.4) is 0 Å². The zero-order valence-electron chi connectivity index (χ0n) is 13.9. The lowest BCUT2D eigenvalue weighted by atomic mass is 10.2. The normalized spacial score (nSPS) is 15.2. The standard InChI is InChI=1S/C17H19F2N5O/c1-2-23-7-9-24(10-8-23)16(25)15-5-6-20-17(22-15)21-12-3-4-13(18)14(19)11-12/h3-6,11H,2,7-10H2,1H3,(H,20,21,22). The molecule has 0 saturated carbocycles. The Labute approximate surface area is 144 Å². The molecule has 1 aromatic heterocycles. The van der Waals surface area contributed by atoms with Gasteiger partial charge in [0.15, 0.2) is 11.6 Å². The maximum atomic E-state index is 13.3. The van der Waals surface area contributed by atoms with Crippen molar-refractivity contribution >= 4 is 17.5 Å². The summed E-state index contributed by atoms with van der Waals surface area (Å²) >= 11 is 0. The van der Waals surface area contributed by atoms with Crippen LogP contribution in [0, 0.1) is 11.6 Å². The molecular formula is C17H19F2N5O. The van der Waals surface area contributed by atoms with Crippen molar-refractivity contribution in [3.63, 3.8) is 0 Å². The van der Waals surface area contributed by atoms with Crippen LogP contribution in [0.4, 0.5) is 20.4 Å². The number of halogens is 2. The number of hydrogen-bond acceptors (Lipinski definition) is 5. The lowest BCUT2D eigenvalue weighted by Crippen LogP contribution is -2.48. The Bertz CT molecular complexity index is 762. The summed E-state index contributed by atoms with van der Waals surface area (Å²) in [5, 5.41) is 2.78. The van der Waals surface area contributed by atoms with Crippen molar-refractivity contribution in [1.29, 1.82) is 0 Å². The molecule has 1 aliphatic heterocycles. The van der Waals surface area contributed by atoms with Crippen molar-refractivity contribution in [3.8, 4) is 0 Å². The zero-order chi connectivity index (χ0) is 17.8. The van der Waals surface area contributed by atoms with E-state index in [-0.39, 0.29) is 17.5 Å². The number of benzene rings is 1. The second kappa shape index (κ2) is 7.52. The quantitative estimate of drug-likeness (QED) is 0.919. The minimum atomic E-state index is -0.967. The van der Waals surface area contributed by atoms with Gasteiger partial charge in [-0.15, -0.1) is 0 Å². The molecule has 0 radical (unpaired) electrons. The van der Waals surface area contributed by atoms with Crippen LogP contribution >= 0.6 is 0 Å². The number of hydrogen-bond donors (Lipinski definition) is 1. The number of carbonyl (C=O) groups is 1. The van der Waals surface area contributed by atoms with Gasteiger partial charge in [0.05, 0.1) is 0 Å². The maximum Gasteiger partial charge on any atom is 0.272 e. The fourth-order valence-corrected chi connectivity index (χ4v) is 2.67. The molecule has 25 heavy (non-hydrogen) atoms. The van der Waals surface area contributed by atoms with Crippen LogP contribution in [0.5, 0.6) is 0 Å². The van der Waals surface area contributed by atoms with Gasteiger partial charge in [-0.05, 0) is 24.7 Å². The summed E-state index contributed by atoms with van der Waals surface area (Å²) in [6.45, 7) is 6.06. The SMILES string of the molecule is CCN1CCN(C(=O)c2ccnc(Nc3ccc(F)c(F)c3)n2)CC1. The molecule has 2 heterocycles. The Hall–Kier alpha value is -2.61. The largest absolute Gasteiger partial charge is 0.335 e. The van der Waals surface area contributed by atoms with Gasteiger partial charge in [0.1, 0.15) is 5.69 Å². The van der Waals surface area contributed by atoms with Crippen LogP contribution < -0.4 is 5.32 Å². The number of carbonyl (C=O) groups excluding carboxylic acids is 1. The molecule has 0 aliphatic carbocycles. The van der Waals surface area contributed by atoms with Crippen molar-refractivity contribution in [3.05, 3.63) is 47.8 Å². The van der Waals surface area contributed by atoms with Crippen LogP contribution in [0.1, 0.15) is 17.4 Å². The van der Waals surface area contributed by atoms with Gasteiger partial charge < -0.3 is 15.1 Å². The zero-order valence-corrected chi connectivity index (χ0v) is 13.9. The maximum absolute atomic E-state index is 13.3. The number of aromatic nitrogens is 2. The van der Waals surface area contributed by atoms with Gasteiger partial charge in [0.25, 0.3) is 5.91 Å². The van der Waals surface area contributed by atoms with Crippen LogP contribution in [-0.2, 0) is 0 Å². The lowest BCUT2D eigenvalue weighted by molar-refractivity contribution is 0.0637. The average Bonchev–Trinajstić information content (AvgIpc) is 2.64. The molecule has 3 rings (SSSR count). The van der Waals surface area contributed by atoms with E-state index in [0.29, 0.717) is 18.8 Å². The first-order valence-electron chi connectivity index (χ1n) is 8.13. The van der Waals surface area contributed by atoms with E-state index in [1.807, 2.05) is 0 Å². The van der Waals surface area contributed by atoms with Crippen molar-refractivity contribution < 1.29 is 13.6 Å². The molecule has 1 amide bonds. The highest BCUT2D eigenvalue weighted by atomic mass is 19.2. The fraction of sp³-hybridized carbons (Fsp3) is 0.353. The Kier molecular flexibility index (Phi) is 5.18. The number of likely N-dealkylation sites (N-methyl/N-ethyl adjacent to an activating group) is 1. The lowest BCUT2D eigenvalue weighted by Gasteiger charge is -2.33. The van der Waals surface area contributed by atoms with E-state index >= 15 is 0 Å². The summed E-state index contributed by atoms with van der Waals surface area (Å²) in [5.41, 5.74) is 0.574. The number of rotatable bonds is 4. The summed E-state index contributed by atoms with van der Waals surface area (Å²) in [5.74, 6) is -1.90. The highest BCUT2D eigenvalue weighted by Gasteiger charge is 2.22. The summed E-state index contributed by atoms with van der Waals surface area (Å²) in [6.07, 6.45) is 1.46. The Morgan fingerprint density at radius 1 is 1.16 bits per heavy atom. The number of nitrogens with zero attached hydrogens (tertiary/aromatic N) is 4. The number of piperazine rings is 1. The highest BCUT2D eigenvalue weighted by molar-refractivity contribution is 5.92. The van der Waals surface area contributed by atoms with Gasteiger partial charge in [-0.2, -0.15) is 0 Å². The first kappa shape index (κ1) is 17.2. The fourth-order valence-electron chi connectivity index (χ4n) is 2.67. The van der Waals surface area contributed by atoms with E-state index in [1.54, 1.807) is 11.0 Å². The molecule has 0 unspecified atom stereocenters. The van der Waals surface area contributed by atoms with Gasteiger partial charge in [0.2, 0.25) is 5.95 Å². The van der Waals surface area contributed by atoms with Crippen molar-refractivity contribution in [2.75, 3.05) is 38.0 Å². The van der Waals surface area contributed by atoms with Crippen LogP contribution in [0.25, 0.3) is 0 Å². The molecule has 1 aromatic carbocycles. The number of nitrogens with one attached hydrogen (secondary N) is 1. The molecular weight excluding hydrogens is 328 g/mol. The molecule has 6 nitrogen and oxygen atoms in total. The molecule has 8 heteroatoms. The molecule has 0 bridgehead atoms. The monoisotopic (exact) mass is 347 g/mol. The summed E-state index contributed by atoms with van der Waals surface area (Å²) in [7, 11) is 0. The molecule has 1 saturated heterocycles. The Balaban J connectivity index is 1.70. The van der Waals surface area contributed by atoms with Crippen LogP contribution in [-0.4, -0.2) is 58.4 Å². The van der Waals surface area contributed by atoms with E-state index in [4.69, 9.17) is 0 Å². The van der Waals surface area contributed by atoms with E-state index in [9.17, 15) is 13.6 Å². The first-order valence-corrected chi connectivity index (χ1v) is 8.13. The van der Waals surface area contributed by atoms with Gasteiger partial charge >= 0.3 is 0 Å². The van der Waals surface area contributed by atoms with E-state index in [2.05, 4.69) is 27.1 Å². The molecule has 1 fully saturated rings. The first-order chi connectivity index (χ1) is 12.1. The third-order valence-electron chi connectivity index (χ3n) is 4.16. The van der Waals surface area contributed by atoms with E-state index < -0.39 is 11.6 Å². The molecule has 0 atom stereocenters. The second-order valence-corrected chi connectivity index (χ2v) is 5.75. The predicted molar refractivity (Wildman–Crippen MR) is 89.7 cm³/mol. The third-order valence-corrected chi connectivity index (χ3v) is 4.16. The average molecular weight is 347 g/mol. The summed E-state index contributed by atoms with van der Waals surface area (Å²) < 4.78 is 26.3. The number of amides is 1. The smallest absolute Gasteiger partial charge is 0.272 e. The minimum Gasteiger partial charge on any atom is -0.335 e. The summed E-state index contributed by atoms with van der Waals surface area (Å²) in [4.78, 5) is 24.8. The topological polar surface area (TPSA) is 61.4 Å². The second-order valence-electron chi connectivity index (χ2n) is 5.75. The van der Waals surface area contributed by atoms with Crippen molar-refractivity contribution in [1.82, 2.24) is 19.8 Å². The molecule has 1 aliphatic rings. The minimum absolute atomic E-state index is 0.157. The van der Waals surface area contributed by atoms with Gasteiger partial charge in [0, 0.05) is 44.1 Å². The van der Waals surface area contributed by atoms with Gasteiger partial charge in [-0.1, -0.05) is 6.92 Å². The Morgan fingerprint density at radius 3 is 2.60 bits per heavy atom. The Morgan fingerprint density at radius 2 is 1.92 bits per heavy atom. The predicted octanol–water partition coefficient (Wildman–Crippen LogP) is 2.28. The van der Waals surface area contributed by atoms with Gasteiger partial charge in [-0.3, -0.25) is 4.79 Å². The third kappa shape index (κ3) is 4.08. The van der Waals surface area contributed by atoms with Crippen molar-refractivity contribution in [2.24, 2.45) is 0 Å². The highest BCUT2D eigenvalue weighted by Crippen LogP contribution is 2.17.